The van der Waals surface area contributed by atoms with Crippen molar-refractivity contribution in [3.63, 3.8) is 0 Å². The second-order valence-corrected chi connectivity index (χ2v) is 3.76. The van der Waals surface area contributed by atoms with Crippen molar-refractivity contribution in [1.29, 1.82) is 0 Å². The van der Waals surface area contributed by atoms with Gasteiger partial charge in [0.15, 0.2) is 12.6 Å². The van der Waals surface area contributed by atoms with E-state index in [1.165, 1.54) is 6.07 Å². The SMILES string of the molecule is Cc1ccc(CN=C(N)N)c(OCC(F)(F)F)c1.I. The van der Waals surface area contributed by atoms with Crippen molar-refractivity contribution >= 4 is 29.9 Å². The smallest absolute Gasteiger partial charge is 0.422 e. The Balaban J connectivity index is 0.00000324. The van der Waals surface area contributed by atoms with E-state index in [2.05, 4.69) is 4.99 Å². The summed E-state index contributed by atoms with van der Waals surface area (Å²) in [5.74, 6) is 0.00895. The lowest BCUT2D eigenvalue weighted by Crippen LogP contribution is -2.23. The average molecular weight is 389 g/mol. The zero-order valence-electron chi connectivity index (χ0n) is 10.2. The second-order valence-electron chi connectivity index (χ2n) is 3.76. The molecule has 0 amide bonds. The van der Waals surface area contributed by atoms with E-state index in [1.807, 2.05) is 0 Å². The summed E-state index contributed by atoms with van der Waals surface area (Å²) < 4.78 is 41.0. The number of aliphatic imine (C=N–C) groups is 1. The van der Waals surface area contributed by atoms with Gasteiger partial charge in [-0.2, -0.15) is 13.2 Å². The lowest BCUT2D eigenvalue weighted by molar-refractivity contribution is -0.153. The third-order valence-corrected chi connectivity index (χ3v) is 2.05. The van der Waals surface area contributed by atoms with Gasteiger partial charge in [-0.3, -0.25) is 0 Å². The molecule has 0 atom stereocenters. The summed E-state index contributed by atoms with van der Waals surface area (Å²) in [7, 11) is 0. The van der Waals surface area contributed by atoms with Gasteiger partial charge in [-0.15, -0.1) is 24.0 Å². The van der Waals surface area contributed by atoms with Crippen LogP contribution in [0.3, 0.4) is 0 Å². The predicted molar refractivity (Wildman–Crippen MR) is 77.7 cm³/mol. The predicted octanol–water partition coefficient (Wildman–Crippen LogP) is 2.33. The molecule has 0 aromatic heterocycles. The van der Waals surface area contributed by atoms with Gasteiger partial charge >= 0.3 is 6.18 Å². The molecule has 0 aliphatic heterocycles. The molecule has 4 nitrogen and oxygen atoms in total. The van der Waals surface area contributed by atoms with E-state index in [0.717, 1.165) is 5.56 Å². The lowest BCUT2D eigenvalue weighted by atomic mass is 10.1. The molecule has 0 heterocycles. The highest BCUT2D eigenvalue weighted by Crippen LogP contribution is 2.24. The molecule has 4 N–H and O–H groups in total. The van der Waals surface area contributed by atoms with E-state index < -0.39 is 12.8 Å². The Morgan fingerprint density at radius 1 is 1.32 bits per heavy atom. The number of guanidine groups is 1. The summed E-state index contributed by atoms with van der Waals surface area (Å²) in [6.07, 6.45) is -4.38. The van der Waals surface area contributed by atoms with Crippen molar-refractivity contribution in [2.75, 3.05) is 6.61 Å². The summed E-state index contributed by atoms with van der Waals surface area (Å²) >= 11 is 0. The third kappa shape index (κ3) is 7.09. The van der Waals surface area contributed by atoms with Gasteiger partial charge in [0.2, 0.25) is 0 Å². The molecule has 1 rings (SSSR count). The van der Waals surface area contributed by atoms with Crippen molar-refractivity contribution < 1.29 is 17.9 Å². The van der Waals surface area contributed by atoms with Gasteiger partial charge in [0.1, 0.15) is 5.75 Å². The number of alkyl halides is 3. The number of nitrogens with zero attached hydrogens (tertiary/aromatic N) is 1. The van der Waals surface area contributed by atoms with Gasteiger partial charge < -0.3 is 16.2 Å². The molecule has 0 unspecified atom stereocenters. The molecule has 0 aliphatic rings. The largest absolute Gasteiger partial charge is 0.484 e. The highest BCUT2D eigenvalue weighted by Gasteiger charge is 2.28. The van der Waals surface area contributed by atoms with E-state index in [9.17, 15) is 13.2 Å². The van der Waals surface area contributed by atoms with Gasteiger partial charge in [0.05, 0.1) is 6.54 Å². The van der Waals surface area contributed by atoms with Crippen molar-refractivity contribution in [2.45, 2.75) is 19.6 Å². The molecule has 0 bridgehead atoms. The van der Waals surface area contributed by atoms with E-state index in [1.54, 1.807) is 19.1 Å². The lowest BCUT2D eigenvalue weighted by Gasteiger charge is -2.13. The maximum Gasteiger partial charge on any atom is 0.422 e. The Labute approximate surface area is 126 Å². The molecule has 108 valence electrons. The summed E-state index contributed by atoms with van der Waals surface area (Å²) in [5.41, 5.74) is 11.6. The number of ether oxygens (including phenoxy) is 1. The van der Waals surface area contributed by atoms with Gasteiger partial charge in [0, 0.05) is 5.56 Å². The summed E-state index contributed by atoms with van der Waals surface area (Å²) in [4.78, 5) is 3.74. The minimum Gasteiger partial charge on any atom is -0.484 e. The maximum absolute atomic E-state index is 12.1. The Kier molecular flexibility index (Phi) is 6.95. The fourth-order valence-corrected chi connectivity index (χ4v) is 1.26. The van der Waals surface area contributed by atoms with Crippen LogP contribution in [-0.2, 0) is 6.54 Å². The van der Waals surface area contributed by atoms with Gasteiger partial charge in [-0.05, 0) is 18.6 Å². The van der Waals surface area contributed by atoms with E-state index in [0.29, 0.717) is 5.56 Å². The quantitative estimate of drug-likeness (QED) is 0.472. The first-order valence-electron chi connectivity index (χ1n) is 5.12. The zero-order chi connectivity index (χ0) is 13.8. The van der Waals surface area contributed by atoms with Crippen LogP contribution in [0.2, 0.25) is 0 Å². The van der Waals surface area contributed by atoms with E-state index in [-0.39, 0.29) is 42.2 Å². The average Bonchev–Trinajstić information content (AvgIpc) is 2.23. The van der Waals surface area contributed by atoms with Crippen LogP contribution in [0, 0.1) is 6.92 Å². The molecule has 0 aliphatic carbocycles. The number of halogens is 4. The van der Waals surface area contributed by atoms with Crippen LogP contribution < -0.4 is 16.2 Å². The maximum atomic E-state index is 12.1. The fourth-order valence-electron chi connectivity index (χ4n) is 1.26. The van der Waals surface area contributed by atoms with Crippen LogP contribution in [-0.4, -0.2) is 18.7 Å². The van der Waals surface area contributed by atoms with E-state index >= 15 is 0 Å². The standard InChI is InChI=1S/C11H14F3N3O.HI/c1-7-2-3-8(5-17-10(15)16)9(4-7)18-6-11(12,13)14;/h2-4H,5-6H2,1H3,(H4,15,16,17);1H. The van der Waals surface area contributed by atoms with Crippen molar-refractivity contribution in [1.82, 2.24) is 0 Å². The Bertz CT molecular complexity index is 445. The summed E-state index contributed by atoms with van der Waals surface area (Å²) in [6, 6.07) is 4.90. The number of hydrogen-bond donors (Lipinski definition) is 2. The molecule has 0 fully saturated rings. The molecule has 0 saturated carbocycles. The van der Waals surface area contributed by atoms with Crippen LogP contribution in [0.4, 0.5) is 13.2 Å². The third-order valence-electron chi connectivity index (χ3n) is 2.05. The normalized spacial score (nSPS) is 10.5. The first-order chi connectivity index (χ1) is 8.28. The van der Waals surface area contributed by atoms with Crippen molar-refractivity contribution in [3.05, 3.63) is 29.3 Å². The summed E-state index contributed by atoms with van der Waals surface area (Å²) in [6.45, 7) is 0.492. The second kappa shape index (κ2) is 7.41. The Morgan fingerprint density at radius 3 is 2.47 bits per heavy atom. The van der Waals surface area contributed by atoms with Crippen LogP contribution in [0.1, 0.15) is 11.1 Å². The van der Waals surface area contributed by atoms with Crippen LogP contribution in [0.15, 0.2) is 23.2 Å². The van der Waals surface area contributed by atoms with E-state index in [4.69, 9.17) is 16.2 Å². The fraction of sp³-hybridized carbons (Fsp3) is 0.364. The van der Waals surface area contributed by atoms with Crippen LogP contribution in [0.25, 0.3) is 0 Å². The van der Waals surface area contributed by atoms with Gasteiger partial charge in [-0.25, -0.2) is 4.99 Å². The molecule has 8 heteroatoms. The first kappa shape index (κ1) is 17.8. The zero-order valence-corrected chi connectivity index (χ0v) is 12.5. The molecule has 19 heavy (non-hydrogen) atoms. The molecule has 0 spiro atoms. The number of rotatable bonds is 4. The molecular formula is C11H15F3IN3O. The molecular weight excluding hydrogens is 374 g/mol. The van der Waals surface area contributed by atoms with Crippen LogP contribution >= 0.6 is 24.0 Å². The van der Waals surface area contributed by atoms with Crippen LogP contribution in [0.5, 0.6) is 5.75 Å². The highest BCUT2D eigenvalue weighted by atomic mass is 127. The first-order valence-corrected chi connectivity index (χ1v) is 5.12. The molecule has 1 aromatic rings. The molecule has 1 aromatic carbocycles. The minimum absolute atomic E-state index is 0. The van der Waals surface area contributed by atoms with Gasteiger partial charge in [0.25, 0.3) is 0 Å². The molecule has 0 saturated heterocycles. The summed E-state index contributed by atoms with van der Waals surface area (Å²) in [5, 5.41) is 0. The number of aryl methyl sites for hydroxylation is 1. The van der Waals surface area contributed by atoms with Crippen molar-refractivity contribution in [2.24, 2.45) is 16.5 Å². The molecule has 0 radical (unpaired) electrons. The number of benzene rings is 1. The minimum atomic E-state index is -4.38. The topological polar surface area (TPSA) is 73.6 Å². The van der Waals surface area contributed by atoms with Gasteiger partial charge in [-0.1, -0.05) is 12.1 Å². The monoisotopic (exact) mass is 389 g/mol. The highest BCUT2D eigenvalue weighted by molar-refractivity contribution is 14.0. The Morgan fingerprint density at radius 2 is 1.95 bits per heavy atom. The number of hydrogen-bond acceptors (Lipinski definition) is 2. The Hall–Kier alpha value is -1.19. The number of nitrogens with two attached hydrogens (primary N) is 2. The van der Waals surface area contributed by atoms with Crippen molar-refractivity contribution in [3.8, 4) is 5.75 Å².